The molecule has 2 atom stereocenters. The first-order chi connectivity index (χ1) is 18.9. The molecular weight excluding hydrogens is 500 g/mol. The molecule has 39 heavy (non-hydrogen) atoms. The average Bonchev–Trinajstić information content (AvgIpc) is 3.28. The van der Waals surface area contributed by atoms with Gasteiger partial charge in [0.05, 0.1) is 36.9 Å². The second-order valence-corrected chi connectivity index (χ2v) is 9.87. The van der Waals surface area contributed by atoms with Gasteiger partial charge in [-0.1, -0.05) is 43.3 Å². The smallest absolute Gasteiger partial charge is 0.337 e. The molecule has 0 radical (unpaired) electrons. The van der Waals surface area contributed by atoms with Gasteiger partial charge in [-0.3, -0.25) is 19.6 Å². The number of anilines is 1. The number of imidazole rings is 1. The standard InChI is InChI=1S/C28H32N6O5/c1-18-11-12-32(16-19-7-5-4-6-8-19)17-22(18)33-25-21(31-28(33)35)15-30-27(26(25)34(36)37)29-14-20-9-10-23(38-2)24(13-20)39-3/h4-10,13,15,18,22H,11-12,14,16-17H2,1-3H3,(H,29,30)(H,31,35)/t18-,22+/m0/s1. The molecule has 0 unspecified atom stereocenters. The molecule has 1 aliphatic heterocycles. The summed E-state index contributed by atoms with van der Waals surface area (Å²) in [5.74, 6) is 1.40. The molecule has 0 spiro atoms. The van der Waals surface area contributed by atoms with Crippen molar-refractivity contribution in [2.75, 3.05) is 32.6 Å². The Hall–Kier alpha value is -4.38. The number of H-pyrrole nitrogens is 1. The normalized spacial score (nSPS) is 17.7. The van der Waals surface area contributed by atoms with E-state index in [1.165, 1.54) is 11.8 Å². The van der Waals surface area contributed by atoms with E-state index in [-0.39, 0.29) is 41.2 Å². The van der Waals surface area contributed by atoms with Gasteiger partial charge in [0.15, 0.2) is 17.0 Å². The van der Waals surface area contributed by atoms with Gasteiger partial charge in [0, 0.05) is 19.6 Å². The lowest BCUT2D eigenvalue weighted by Crippen LogP contribution is -2.42. The molecule has 0 aliphatic carbocycles. The average molecular weight is 533 g/mol. The molecule has 0 bridgehead atoms. The number of nitrogens with one attached hydrogen (secondary N) is 2. The Morgan fingerprint density at radius 1 is 1.13 bits per heavy atom. The minimum Gasteiger partial charge on any atom is -0.493 e. The van der Waals surface area contributed by atoms with Crippen LogP contribution in [0.2, 0.25) is 0 Å². The second kappa shape index (κ2) is 11.2. The number of nitro groups is 1. The molecule has 1 saturated heterocycles. The summed E-state index contributed by atoms with van der Waals surface area (Å²) in [6.07, 6.45) is 2.35. The number of pyridine rings is 1. The highest BCUT2D eigenvalue weighted by Crippen LogP contribution is 2.36. The van der Waals surface area contributed by atoms with Crippen molar-refractivity contribution in [2.45, 2.75) is 32.5 Å². The lowest BCUT2D eigenvalue weighted by Gasteiger charge is -2.37. The van der Waals surface area contributed by atoms with Gasteiger partial charge in [-0.15, -0.1) is 0 Å². The first-order valence-corrected chi connectivity index (χ1v) is 12.9. The third-order valence-electron chi connectivity index (χ3n) is 7.40. The summed E-state index contributed by atoms with van der Waals surface area (Å²) < 4.78 is 12.2. The van der Waals surface area contributed by atoms with Crippen LogP contribution in [0.4, 0.5) is 11.5 Å². The Kier molecular flexibility index (Phi) is 7.51. The maximum absolute atomic E-state index is 13.2. The van der Waals surface area contributed by atoms with E-state index >= 15 is 0 Å². The number of methoxy groups -OCH3 is 2. The summed E-state index contributed by atoms with van der Waals surface area (Å²) in [6, 6.07) is 15.4. The van der Waals surface area contributed by atoms with E-state index < -0.39 is 4.92 Å². The number of hydrogen-bond donors (Lipinski definition) is 2. The monoisotopic (exact) mass is 532 g/mol. The minimum atomic E-state index is -0.467. The van der Waals surface area contributed by atoms with Crippen LogP contribution in [0.25, 0.3) is 11.0 Å². The molecule has 0 amide bonds. The first kappa shape index (κ1) is 26.2. The van der Waals surface area contributed by atoms with Crippen LogP contribution in [0.3, 0.4) is 0 Å². The molecule has 4 aromatic rings. The number of fused-ring (bicyclic) bond motifs is 1. The van der Waals surface area contributed by atoms with Crippen molar-refractivity contribution in [3.8, 4) is 11.5 Å². The Morgan fingerprint density at radius 2 is 1.90 bits per heavy atom. The zero-order valence-electron chi connectivity index (χ0n) is 22.2. The topological polar surface area (TPSA) is 128 Å². The van der Waals surface area contributed by atoms with Gasteiger partial charge in [-0.05, 0) is 42.1 Å². The highest BCUT2D eigenvalue weighted by Gasteiger charge is 2.34. The predicted octanol–water partition coefficient (Wildman–Crippen LogP) is 4.35. The van der Waals surface area contributed by atoms with Crippen LogP contribution >= 0.6 is 0 Å². The van der Waals surface area contributed by atoms with Crippen molar-refractivity contribution in [1.82, 2.24) is 19.4 Å². The van der Waals surface area contributed by atoms with E-state index in [2.05, 4.69) is 39.2 Å². The quantitative estimate of drug-likeness (QED) is 0.241. The Morgan fingerprint density at radius 3 is 2.62 bits per heavy atom. The lowest BCUT2D eigenvalue weighted by molar-refractivity contribution is -0.382. The van der Waals surface area contributed by atoms with E-state index in [0.717, 1.165) is 25.1 Å². The number of benzene rings is 2. The van der Waals surface area contributed by atoms with Crippen LogP contribution in [0, 0.1) is 16.0 Å². The fraction of sp³-hybridized carbons (Fsp3) is 0.357. The fourth-order valence-electron chi connectivity index (χ4n) is 5.33. The van der Waals surface area contributed by atoms with E-state index in [9.17, 15) is 14.9 Å². The molecule has 1 aliphatic rings. The molecule has 5 rings (SSSR count). The second-order valence-electron chi connectivity index (χ2n) is 9.87. The zero-order chi connectivity index (χ0) is 27.5. The maximum atomic E-state index is 13.2. The van der Waals surface area contributed by atoms with Gasteiger partial charge < -0.3 is 19.8 Å². The SMILES string of the molecule is COc1ccc(CNc2ncc3[nH]c(=O)n([C@@H]4CN(Cc5ccccc5)CC[C@@H]4C)c3c2[N+](=O)[O-])cc1OC. The van der Waals surface area contributed by atoms with Crippen molar-refractivity contribution in [1.29, 1.82) is 0 Å². The van der Waals surface area contributed by atoms with Crippen LogP contribution in [0.15, 0.2) is 59.5 Å². The van der Waals surface area contributed by atoms with Crippen LogP contribution in [-0.2, 0) is 13.1 Å². The van der Waals surface area contributed by atoms with Crippen LogP contribution in [-0.4, -0.2) is 51.7 Å². The molecule has 11 nitrogen and oxygen atoms in total. The Balaban J connectivity index is 1.49. The third-order valence-corrected chi connectivity index (χ3v) is 7.40. The van der Waals surface area contributed by atoms with Gasteiger partial charge in [-0.25, -0.2) is 9.78 Å². The number of nitrogens with zero attached hydrogens (tertiary/aromatic N) is 4. The number of likely N-dealkylation sites (tertiary alicyclic amines) is 1. The molecule has 11 heteroatoms. The summed E-state index contributed by atoms with van der Waals surface area (Å²) in [7, 11) is 3.11. The van der Waals surface area contributed by atoms with Crippen molar-refractivity contribution < 1.29 is 14.4 Å². The van der Waals surface area contributed by atoms with Crippen LogP contribution in [0.1, 0.15) is 30.5 Å². The number of rotatable bonds is 9. The molecule has 2 aromatic carbocycles. The van der Waals surface area contributed by atoms with Gasteiger partial charge in [0.25, 0.3) is 0 Å². The number of piperidine rings is 1. The number of hydrogen-bond acceptors (Lipinski definition) is 8. The van der Waals surface area contributed by atoms with Crippen molar-refractivity contribution in [2.24, 2.45) is 5.92 Å². The molecule has 2 aromatic heterocycles. The van der Waals surface area contributed by atoms with Crippen molar-refractivity contribution in [3.63, 3.8) is 0 Å². The van der Waals surface area contributed by atoms with Gasteiger partial charge in [-0.2, -0.15) is 0 Å². The fourth-order valence-corrected chi connectivity index (χ4v) is 5.33. The van der Waals surface area contributed by atoms with Crippen LogP contribution < -0.4 is 20.5 Å². The van der Waals surface area contributed by atoms with Crippen molar-refractivity contribution >= 4 is 22.5 Å². The molecule has 204 valence electrons. The maximum Gasteiger partial charge on any atom is 0.337 e. The molecule has 3 heterocycles. The Bertz CT molecular complexity index is 1530. The lowest BCUT2D eigenvalue weighted by atomic mass is 9.92. The first-order valence-electron chi connectivity index (χ1n) is 12.9. The summed E-state index contributed by atoms with van der Waals surface area (Å²) in [4.78, 5) is 34.6. The van der Waals surface area contributed by atoms with E-state index in [1.807, 2.05) is 24.3 Å². The van der Waals surface area contributed by atoms with Gasteiger partial charge >= 0.3 is 11.4 Å². The van der Waals surface area contributed by atoms with E-state index in [0.29, 0.717) is 23.6 Å². The highest BCUT2D eigenvalue weighted by atomic mass is 16.6. The molecule has 1 fully saturated rings. The van der Waals surface area contributed by atoms with Gasteiger partial charge in [0.2, 0.25) is 5.82 Å². The van der Waals surface area contributed by atoms with Crippen LogP contribution in [0.5, 0.6) is 11.5 Å². The zero-order valence-corrected chi connectivity index (χ0v) is 22.2. The van der Waals surface area contributed by atoms with E-state index in [4.69, 9.17) is 9.47 Å². The van der Waals surface area contributed by atoms with Gasteiger partial charge in [0.1, 0.15) is 0 Å². The summed E-state index contributed by atoms with van der Waals surface area (Å²) in [6.45, 7) is 4.61. The number of aromatic amines is 1. The highest BCUT2D eigenvalue weighted by molar-refractivity contribution is 5.90. The summed E-state index contributed by atoms with van der Waals surface area (Å²) >= 11 is 0. The van der Waals surface area contributed by atoms with Crippen molar-refractivity contribution in [3.05, 3.63) is 86.5 Å². The number of aromatic nitrogens is 3. The summed E-state index contributed by atoms with van der Waals surface area (Å²) in [5, 5.41) is 15.5. The van der Waals surface area contributed by atoms with E-state index in [1.54, 1.807) is 30.9 Å². The summed E-state index contributed by atoms with van der Waals surface area (Å²) in [5.41, 5.74) is 2.02. The number of ether oxygens (including phenoxy) is 2. The Labute approximate surface area is 225 Å². The molecule has 0 saturated carbocycles. The largest absolute Gasteiger partial charge is 0.493 e. The predicted molar refractivity (Wildman–Crippen MR) is 148 cm³/mol. The molecule has 2 N–H and O–H groups in total. The third kappa shape index (κ3) is 5.30. The minimum absolute atomic E-state index is 0.0969. The molecular formula is C28H32N6O5.